The van der Waals surface area contributed by atoms with Crippen molar-refractivity contribution in [2.45, 2.75) is 26.6 Å². The number of amides is 1. The van der Waals surface area contributed by atoms with E-state index in [4.69, 9.17) is 25.8 Å². The molecule has 2 aromatic carbocycles. The normalized spacial score (nSPS) is 13.5. The summed E-state index contributed by atoms with van der Waals surface area (Å²) >= 11 is 5.94. The summed E-state index contributed by atoms with van der Waals surface area (Å²) in [6.07, 6.45) is -0.217. The van der Waals surface area contributed by atoms with Crippen molar-refractivity contribution in [2.75, 3.05) is 32.8 Å². The van der Waals surface area contributed by atoms with E-state index in [1.165, 1.54) is 0 Å². The van der Waals surface area contributed by atoms with Gasteiger partial charge in [-0.15, -0.1) is 0 Å². The number of carbonyl (C=O) groups is 2. The molecule has 166 valence electrons. The van der Waals surface area contributed by atoms with Crippen LogP contribution in [-0.2, 0) is 33.9 Å². The van der Waals surface area contributed by atoms with Crippen molar-refractivity contribution in [2.24, 2.45) is 0 Å². The van der Waals surface area contributed by atoms with Crippen LogP contribution >= 0.6 is 11.6 Å². The predicted octanol–water partition coefficient (Wildman–Crippen LogP) is 3.57. The molecule has 1 heterocycles. The molecule has 0 bridgehead atoms. The summed E-state index contributed by atoms with van der Waals surface area (Å²) in [5.41, 5.74) is 2.42. The molecule has 2 aromatic rings. The molecule has 1 fully saturated rings. The Morgan fingerprint density at radius 1 is 1.00 bits per heavy atom. The Morgan fingerprint density at radius 3 is 2.42 bits per heavy atom. The molecule has 0 saturated carbocycles. The molecule has 1 N–H and O–H groups in total. The van der Waals surface area contributed by atoms with Gasteiger partial charge in [-0.3, -0.25) is 4.79 Å². The van der Waals surface area contributed by atoms with E-state index >= 15 is 0 Å². The van der Waals surface area contributed by atoms with Gasteiger partial charge in [0.05, 0.1) is 13.0 Å². The minimum Gasteiger partial charge on any atom is -0.488 e. The monoisotopic (exact) mass is 446 g/mol. The average molecular weight is 447 g/mol. The number of ether oxygens (including phenoxy) is 3. The molecule has 0 aromatic heterocycles. The molecule has 0 unspecified atom stereocenters. The second-order valence-corrected chi connectivity index (χ2v) is 7.57. The fourth-order valence-electron chi connectivity index (χ4n) is 3.19. The smallest absolute Gasteiger partial charge is 0.410 e. The second-order valence-electron chi connectivity index (χ2n) is 7.13. The lowest BCUT2D eigenvalue weighted by atomic mass is 10.1. The highest BCUT2D eigenvalue weighted by molar-refractivity contribution is 6.30. The number of nitrogens with one attached hydrogen (secondary N) is 1. The minimum absolute atomic E-state index is 0.0510. The first kappa shape index (κ1) is 22.9. The number of carbonyl (C=O) groups excluding carboxylic acids is 2. The zero-order chi connectivity index (χ0) is 22.1. The standard InChI is InChI=1S/C23H27ClN2O5/c1-2-29-22(27)14-18-5-8-21(30-15-17-3-6-20(24)7-4-17)19(13-18)16-31-23(28)26-11-9-25-10-12-26/h3-8,13,25H,2,9-12,14-16H2,1H3. The van der Waals surface area contributed by atoms with Crippen LogP contribution in [0.3, 0.4) is 0 Å². The Balaban J connectivity index is 1.70. The van der Waals surface area contributed by atoms with E-state index in [-0.39, 0.29) is 25.1 Å². The molecule has 1 amide bonds. The Labute approximate surface area is 187 Å². The number of benzene rings is 2. The van der Waals surface area contributed by atoms with E-state index in [2.05, 4.69) is 5.32 Å². The zero-order valence-corrected chi connectivity index (χ0v) is 18.3. The third kappa shape index (κ3) is 7.15. The highest BCUT2D eigenvalue weighted by atomic mass is 35.5. The molecule has 0 spiro atoms. The first-order valence-corrected chi connectivity index (χ1v) is 10.7. The highest BCUT2D eigenvalue weighted by Gasteiger charge is 2.18. The maximum atomic E-state index is 12.4. The van der Waals surface area contributed by atoms with E-state index < -0.39 is 0 Å². The summed E-state index contributed by atoms with van der Waals surface area (Å²) in [4.78, 5) is 25.9. The Bertz CT molecular complexity index is 882. The van der Waals surface area contributed by atoms with Gasteiger partial charge in [-0.2, -0.15) is 0 Å². The minimum atomic E-state index is -0.360. The Hall–Kier alpha value is -2.77. The lowest BCUT2D eigenvalue weighted by molar-refractivity contribution is -0.142. The van der Waals surface area contributed by atoms with Crippen molar-refractivity contribution in [3.05, 3.63) is 64.2 Å². The molecule has 8 heteroatoms. The lowest BCUT2D eigenvalue weighted by Crippen LogP contribution is -2.46. The topological polar surface area (TPSA) is 77.1 Å². The summed E-state index contributed by atoms with van der Waals surface area (Å²) < 4.78 is 16.5. The molecule has 0 atom stereocenters. The molecule has 31 heavy (non-hydrogen) atoms. The van der Waals surface area contributed by atoms with Gasteiger partial charge in [0.2, 0.25) is 0 Å². The molecule has 3 rings (SSSR count). The number of rotatable bonds is 8. The summed E-state index contributed by atoms with van der Waals surface area (Å²) in [5, 5.41) is 3.86. The van der Waals surface area contributed by atoms with Crippen LogP contribution in [-0.4, -0.2) is 49.7 Å². The Morgan fingerprint density at radius 2 is 1.71 bits per heavy atom. The summed E-state index contributed by atoms with van der Waals surface area (Å²) in [6, 6.07) is 12.8. The van der Waals surface area contributed by atoms with E-state index in [9.17, 15) is 9.59 Å². The first-order valence-electron chi connectivity index (χ1n) is 10.3. The zero-order valence-electron chi connectivity index (χ0n) is 17.6. The van der Waals surface area contributed by atoms with Crippen LogP contribution in [0.1, 0.15) is 23.6 Å². The highest BCUT2D eigenvalue weighted by Crippen LogP contribution is 2.24. The van der Waals surface area contributed by atoms with Crippen molar-refractivity contribution >= 4 is 23.7 Å². The van der Waals surface area contributed by atoms with Gasteiger partial charge in [-0.1, -0.05) is 29.8 Å². The van der Waals surface area contributed by atoms with Gasteiger partial charge in [-0.25, -0.2) is 4.79 Å². The Kier molecular flexibility index (Phi) is 8.55. The summed E-state index contributed by atoms with van der Waals surface area (Å²) in [7, 11) is 0. The molecule has 1 aliphatic rings. The van der Waals surface area contributed by atoms with Crippen LogP contribution in [0.15, 0.2) is 42.5 Å². The molecule has 0 radical (unpaired) electrons. The van der Waals surface area contributed by atoms with E-state index in [0.29, 0.717) is 42.6 Å². The van der Waals surface area contributed by atoms with Gasteiger partial charge in [0, 0.05) is 36.8 Å². The van der Waals surface area contributed by atoms with Crippen molar-refractivity contribution in [3.8, 4) is 5.75 Å². The molecular formula is C23H27ClN2O5. The fourth-order valence-corrected chi connectivity index (χ4v) is 3.32. The van der Waals surface area contributed by atoms with Crippen LogP contribution < -0.4 is 10.1 Å². The van der Waals surface area contributed by atoms with Crippen molar-refractivity contribution in [1.82, 2.24) is 10.2 Å². The number of hydrogen-bond donors (Lipinski definition) is 1. The number of nitrogens with zero attached hydrogens (tertiary/aromatic N) is 1. The summed E-state index contributed by atoms with van der Waals surface area (Å²) in [6.45, 7) is 5.22. The molecule has 0 aliphatic carbocycles. The largest absolute Gasteiger partial charge is 0.488 e. The molecular weight excluding hydrogens is 420 g/mol. The fraction of sp³-hybridized carbons (Fsp3) is 0.391. The molecule has 1 aliphatic heterocycles. The van der Waals surface area contributed by atoms with Gasteiger partial charge >= 0.3 is 12.1 Å². The van der Waals surface area contributed by atoms with Gasteiger partial charge < -0.3 is 24.4 Å². The van der Waals surface area contributed by atoms with Crippen molar-refractivity contribution < 1.29 is 23.8 Å². The van der Waals surface area contributed by atoms with Crippen LogP contribution in [0.2, 0.25) is 5.02 Å². The van der Waals surface area contributed by atoms with Crippen molar-refractivity contribution in [3.63, 3.8) is 0 Å². The van der Waals surface area contributed by atoms with Crippen molar-refractivity contribution in [1.29, 1.82) is 0 Å². The maximum Gasteiger partial charge on any atom is 0.410 e. The van der Waals surface area contributed by atoms with Gasteiger partial charge in [0.1, 0.15) is 19.0 Å². The number of halogens is 1. The predicted molar refractivity (Wildman–Crippen MR) is 117 cm³/mol. The first-order chi connectivity index (χ1) is 15.0. The lowest BCUT2D eigenvalue weighted by Gasteiger charge is -2.26. The van der Waals surface area contributed by atoms with Gasteiger partial charge in [-0.05, 0) is 42.3 Å². The van der Waals surface area contributed by atoms with Gasteiger partial charge in [0.15, 0.2) is 0 Å². The van der Waals surface area contributed by atoms with E-state index in [1.807, 2.05) is 24.3 Å². The average Bonchev–Trinajstić information content (AvgIpc) is 2.78. The van der Waals surface area contributed by atoms with E-state index in [0.717, 1.165) is 24.2 Å². The van der Waals surface area contributed by atoms with Crippen LogP contribution in [0.5, 0.6) is 5.75 Å². The van der Waals surface area contributed by atoms with Gasteiger partial charge in [0.25, 0.3) is 0 Å². The molecule has 7 nitrogen and oxygen atoms in total. The third-order valence-electron chi connectivity index (χ3n) is 4.81. The summed E-state index contributed by atoms with van der Waals surface area (Å²) in [5.74, 6) is 0.289. The number of piperazine rings is 1. The SMILES string of the molecule is CCOC(=O)Cc1ccc(OCc2ccc(Cl)cc2)c(COC(=O)N2CCNCC2)c1. The second kappa shape index (κ2) is 11.6. The number of hydrogen-bond acceptors (Lipinski definition) is 6. The molecule has 1 saturated heterocycles. The van der Waals surface area contributed by atoms with Crippen LogP contribution in [0.25, 0.3) is 0 Å². The quantitative estimate of drug-likeness (QED) is 0.625. The third-order valence-corrected chi connectivity index (χ3v) is 5.06. The van der Waals surface area contributed by atoms with Crippen LogP contribution in [0.4, 0.5) is 4.79 Å². The van der Waals surface area contributed by atoms with Crippen LogP contribution in [0, 0.1) is 0 Å². The van der Waals surface area contributed by atoms with E-state index in [1.54, 1.807) is 30.0 Å². The maximum absolute atomic E-state index is 12.4. The number of esters is 1.